The summed E-state index contributed by atoms with van der Waals surface area (Å²) in [7, 11) is 2.09. The van der Waals surface area contributed by atoms with Gasteiger partial charge in [-0.15, -0.1) is 0 Å². The minimum absolute atomic E-state index is 0.126. The molecule has 174 valence electrons. The van der Waals surface area contributed by atoms with E-state index in [9.17, 15) is 0 Å². The van der Waals surface area contributed by atoms with Crippen LogP contribution in [0.25, 0.3) is 22.5 Å². The molecule has 2 spiro atoms. The molecule has 0 radical (unpaired) electrons. The lowest BCUT2D eigenvalue weighted by Crippen LogP contribution is -2.23. The highest BCUT2D eigenvalue weighted by Gasteiger charge is 2.52. The summed E-state index contributed by atoms with van der Waals surface area (Å²) in [5.74, 6) is 2.54. The van der Waals surface area contributed by atoms with Gasteiger partial charge in [0.05, 0.1) is 0 Å². The standard InChI is InChI=1S/C30H29N5/c1-35(20-23-5-2-3-7-25(23)22-6-4-18-31-19-22)28-33-26-21-8-10-24(11-9-21)29(12-13-29)14-15-30(16-17-30)27(32-26)34-28/h2-11,18-19H,12-17,20H2,1H3. The molecule has 4 aromatic rings. The van der Waals surface area contributed by atoms with Crippen LogP contribution < -0.4 is 4.90 Å². The molecule has 0 atom stereocenters. The van der Waals surface area contributed by atoms with Gasteiger partial charge in [-0.25, -0.2) is 4.98 Å². The fraction of sp³-hybridized carbons (Fsp3) is 0.333. The largest absolute Gasteiger partial charge is 0.339 e. The van der Waals surface area contributed by atoms with Crippen LogP contribution in [0, 0.1) is 0 Å². The van der Waals surface area contributed by atoms with Crippen LogP contribution in [0.4, 0.5) is 5.95 Å². The first-order valence-electron chi connectivity index (χ1n) is 12.7. The number of hydrogen-bond donors (Lipinski definition) is 0. The molecule has 0 unspecified atom stereocenters. The molecule has 8 rings (SSSR count). The van der Waals surface area contributed by atoms with Crippen molar-refractivity contribution in [3.05, 3.63) is 90.0 Å². The number of fused-ring (bicyclic) bond motifs is 3. The second-order valence-electron chi connectivity index (χ2n) is 10.7. The molecule has 5 nitrogen and oxygen atoms in total. The van der Waals surface area contributed by atoms with Crippen LogP contribution in [-0.2, 0) is 17.4 Å². The molecule has 0 saturated heterocycles. The number of anilines is 1. The van der Waals surface area contributed by atoms with Crippen LogP contribution in [0.15, 0.2) is 73.1 Å². The van der Waals surface area contributed by atoms with Crippen molar-refractivity contribution in [3.63, 3.8) is 0 Å². The van der Waals surface area contributed by atoms with E-state index >= 15 is 0 Å². The third-order valence-corrected chi connectivity index (χ3v) is 8.38. The predicted octanol–water partition coefficient (Wildman–Crippen LogP) is 6.09. The SMILES string of the molecule is CN(Cc1ccccc1-c1cccnc1)c1nc2nc(n1)C1(CCC3(CC3)c3ccc-2cc3)CC1. The summed E-state index contributed by atoms with van der Waals surface area (Å²) in [6, 6.07) is 21.7. The van der Waals surface area contributed by atoms with E-state index in [-0.39, 0.29) is 5.41 Å². The van der Waals surface area contributed by atoms with Gasteiger partial charge in [0.15, 0.2) is 5.82 Å². The highest BCUT2D eigenvalue weighted by Crippen LogP contribution is 2.58. The zero-order chi connectivity index (χ0) is 23.5. The molecule has 2 aliphatic heterocycles. The molecule has 0 N–H and O–H groups in total. The van der Waals surface area contributed by atoms with Crippen molar-refractivity contribution in [1.82, 2.24) is 19.9 Å². The molecule has 2 aromatic carbocycles. The molecule has 4 aliphatic rings. The normalized spacial score (nSPS) is 18.3. The van der Waals surface area contributed by atoms with E-state index in [2.05, 4.69) is 71.5 Å². The molecule has 2 aromatic heterocycles. The summed E-state index contributed by atoms with van der Waals surface area (Å²) in [5.41, 5.74) is 6.62. The molecule has 2 saturated carbocycles. The van der Waals surface area contributed by atoms with Crippen molar-refractivity contribution in [1.29, 1.82) is 0 Å². The third-order valence-electron chi connectivity index (χ3n) is 8.38. The molecule has 2 fully saturated rings. The summed E-state index contributed by atoms with van der Waals surface area (Å²) in [4.78, 5) is 21.6. The monoisotopic (exact) mass is 459 g/mol. The Morgan fingerprint density at radius 3 is 2.23 bits per heavy atom. The Morgan fingerprint density at radius 1 is 0.743 bits per heavy atom. The summed E-state index contributed by atoms with van der Waals surface area (Å²) in [5, 5.41) is 0. The van der Waals surface area contributed by atoms with Crippen LogP contribution in [0.5, 0.6) is 0 Å². The Labute approximate surface area is 206 Å². The minimum Gasteiger partial charge on any atom is -0.339 e. The highest BCUT2D eigenvalue weighted by atomic mass is 15.3. The Kier molecular flexibility index (Phi) is 4.57. The Morgan fingerprint density at radius 2 is 1.49 bits per heavy atom. The van der Waals surface area contributed by atoms with Crippen LogP contribution in [0.1, 0.15) is 55.5 Å². The quantitative estimate of drug-likeness (QED) is 0.369. The molecular weight excluding hydrogens is 430 g/mol. The third kappa shape index (κ3) is 3.61. The molecular formula is C30H29N5. The van der Waals surface area contributed by atoms with Gasteiger partial charge in [-0.3, -0.25) is 4.98 Å². The molecule has 0 amide bonds. The van der Waals surface area contributed by atoms with Crippen molar-refractivity contribution in [2.45, 2.75) is 55.9 Å². The topological polar surface area (TPSA) is 54.8 Å². The van der Waals surface area contributed by atoms with Gasteiger partial charge in [-0.2, -0.15) is 9.97 Å². The average molecular weight is 460 g/mol. The Hall–Kier alpha value is -3.60. The number of pyridine rings is 1. The van der Waals surface area contributed by atoms with Crippen molar-refractivity contribution < 1.29 is 0 Å². The van der Waals surface area contributed by atoms with Crippen molar-refractivity contribution in [3.8, 4) is 22.5 Å². The number of rotatable bonds is 4. The minimum atomic E-state index is 0.126. The first-order chi connectivity index (χ1) is 17.1. The smallest absolute Gasteiger partial charge is 0.229 e. The Bertz CT molecular complexity index is 1390. The zero-order valence-electron chi connectivity index (χ0n) is 20.1. The van der Waals surface area contributed by atoms with E-state index in [1.165, 1.54) is 55.2 Å². The average Bonchev–Trinajstić information content (AvgIpc) is 3.84. The first kappa shape index (κ1) is 20.7. The van der Waals surface area contributed by atoms with Gasteiger partial charge >= 0.3 is 0 Å². The number of hydrogen-bond acceptors (Lipinski definition) is 5. The molecule has 2 aliphatic carbocycles. The summed E-state index contributed by atoms with van der Waals surface area (Å²) < 4.78 is 0. The van der Waals surface area contributed by atoms with E-state index in [1.54, 1.807) is 0 Å². The van der Waals surface area contributed by atoms with E-state index in [0.29, 0.717) is 12.0 Å². The fourth-order valence-electron chi connectivity index (χ4n) is 5.71. The lowest BCUT2D eigenvalue weighted by Gasteiger charge is -2.22. The predicted molar refractivity (Wildman–Crippen MR) is 138 cm³/mol. The van der Waals surface area contributed by atoms with Gasteiger partial charge in [-0.1, -0.05) is 54.6 Å². The van der Waals surface area contributed by atoms with E-state index in [0.717, 1.165) is 28.7 Å². The molecule has 5 heteroatoms. The van der Waals surface area contributed by atoms with Crippen molar-refractivity contribution in [2.24, 2.45) is 0 Å². The summed E-state index contributed by atoms with van der Waals surface area (Å²) in [6.45, 7) is 0.711. The highest BCUT2D eigenvalue weighted by molar-refractivity contribution is 5.67. The summed E-state index contributed by atoms with van der Waals surface area (Å²) in [6.07, 6.45) is 11.1. The lowest BCUT2D eigenvalue weighted by molar-refractivity contribution is 0.488. The maximum atomic E-state index is 5.10. The van der Waals surface area contributed by atoms with E-state index < -0.39 is 0 Å². The second kappa shape index (κ2) is 7.70. The van der Waals surface area contributed by atoms with Gasteiger partial charge in [0, 0.05) is 42.5 Å². The number of nitrogens with zero attached hydrogens (tertiary/aromatic N) is 5. The Balaban J connectivity index is 1.27. The van der Waals surface area contributed by atoms with Crippen LogP contribution in [-0.4, -0.2) is 27.0 Å². The van der Waals surface area contributed by atoms with Gasteiger partial charge in [0.1, 0.15) is 5.82 Å². The fourth-order valence-corrected chi connectivity index (χ4v) is 5.71. The van der Waals surface area contributed by atoms with Gasteiger partial charge in [0.2, 0.25) is 5.95 Å². The van der Waals surface area contributed by atoms with Crippen molar-refractivity contribution in [2.75, 3.05) is 11.9 Å². The van der Waals surface area contributed by atoms with Crippen LogP contribution in [0.3, 0.4) is 0 Å². The second-order valence-corrected chi connectivity index (χ2v) is 10.7. The van der Waals surface area contributed by atoms with E-state index in [1.807, 2.05) is 18.5 Å². The zero-order valence-corrected chi connectivity index (χ0v) is 20.1. The van der Waals surface area contributed by atoms with Gasteiger partial charge < -0.3 is 4.90 Å². The molecule has 4 heterocycles. The van der Waals surface area contributed by atoms with Gasteiger partial charge in [0.25, 0.3) is 0 Å². The lowest BCUT2D eigenvalue weighted by atomic mass is 9.86. The van der Waals surface area contributed by atoms with Crippen LogP contribution >= 0.6 is 0 Å². The van der Waals surface area contributed by atoms with Crippen molar-refractivity contribution >= 4 is 5.95 Å². The summed E-state index contributed by atoms with van der Waals surface area (Å²) >= 11 is 0. The van der Waals surface area contributed by atoms with Crippen LogP contribution in [0.2, 0.25) is 0 Å². The molecule has 4 bridgehead atoms. The van der Waals surface area contributed by atoms with E-state index in [4.69, 9.17) is 15.0 Å². The number of aromatic nitrogens is 4. The first-order valence-corrected chi connectivity index (χ1v) is 12.7. The maximum absolute atomic E-state index is 5.10. The van der Waals surface area contributed by atoms with Gasteiger partial charge in [-0.05, 0) is 66.7 Å². The number of benzene rings is 2. The molecule has 35 heavy (non-hydrogen) atoms. The maximum Gasteiger partial charge on any atom is 0.229 e.